The highest BCUT2D eigenvalue weighted by Gasteiger charge is 2.34. The molecule has 0 aliphatic heterocycles. The van der Waals surface area contributed by atoms with Crippen LogP contribution in [0.1, 0.15) is 32.3 Å². The van der Waals surface area contributed by atoms with Crippen LogP contribution in [0.2, 0.25) is 10.0 Å². The lowest BCUT2D eigenvalue weighted by atomic mass is 10.1. The first kappa shape index (κ1) is 29.8. The summed E-state index contributed by atoms with van der Waals surface area (Å²) >= 11 is 12.7. The second-order valence-corrected chi connectivity index (χ2v) is 11.1. The first-order valence-corrected chi connectivity index (χ1v) is 13.5. The molecule has 2 aromatic carbocycles. The maximum atomic E-state index is 13.7. The van der Waals surface area contributed by atoms with Crippen molar-refractivity contribution in [3.63, 3.8) is 0 Å². The molecule has 1 N–H and O–H groups in total. The maximum absolute atomic E-state index is 13.7. The Hall–Kier alpha value is -2.40. The zero-order valence-electron chi connectivity index (χ0n) is 20.7. The van der Waals surface area contributed by atoms with E-state index in [0.717, 1.165) is 20.7 Å². The molecule has 0 saturated carbocycles. The van der Waals surface area contributed by atoms with Crippen molar-refractivity contribution in [1.82, 2.24) is 14.5 Å². The Morgan fingerprint density at radius 3 is 2.11 bits per heavy atom. The fourth-order valence-electron chi connectivity index (χ4n) is 3.46. The molecule has 0 spiro atoms. The van der Waals surface area contributed by atoms with Crippen LogP contribution >= 0.6 is 23.2 Å². The van der Waals surface area contributed by atoms with Crippen molar-refractivity contribution in [2.75, 3.05) is 31.5 Å². The van der Waals surface area contributed by atoms with Crippen molar-refractivity contribution in [2.45, 2.75) is 39.3 Å². The topological polar surface area (TPSA) is 90.0 Å². The smallest absolute Gasteiger partial charge is 0.304 e. The van der Waals surface area contributed by atoms with E-state index in [9.17, 15) is 22.4 Å². The van der Waals surface area contributed by atoms with Crippen LogP contribution in [-0.2, 0) is 26.3 Å². The van der Waals surface area contributed by atoms with E-state index in [1.165, 1.54) is 31.1 Å². The van der Waals surface area contributed by atoms with Gasteiger partial charge >= 0.3 is 10.2 Å². The monoisotopic (exact) mass is 560 g/mol. The van der Waals surface area contributed by atoms with Crippen molar-refractivity contribution in [3.8, 4) is 0 Å². The van der Waals surface area contributed by atoms with Crippen molar-refractivity contribution in [1.29, 1.82) is 0 Å². The summed E-state index contributed by atoms with van der Waals surface area (Å²) in [4.78, 5) is 28.0. The number of hydrogen-bond acceptors (Lipinski definition) is 4. The minimum absolute atomic E-state index is 0.0951. The number of amides is 2. The summed E-state index contributed by atoms with van der Waals surface area (Å²) in [5, 5.41) is 3.40. The number of nitrogens with one attached hydrogen (secondary N) is 1. The van der Waals surface area contributed by atoms with Gasteiger partial charge in [0.25, 0.3) is 0 Å². The normalized spacial score (nSPS) is 12.3. The number of rotatable bonds is 12. The minimum Gasteiger partial charge on any atom is -0.354 e. The molecule has 12 heteroatoms. The number of carbonyl (C=O) groups excluding carboxylic acids is 2. The Morgan fingerprint density at radius 2 is 1.61 bits per heavy atom. The van der Waals surface area contributed by atoms with Gasteiger partial charge in [0.2, 0.25) is 11.8 Å². The van der Waals surface area contributed by atoms with Crippen LogP contribution < -0.4 is 9.62 Å². The molecule has 0 fully saturated rings. The van der Waals surface area contributed by atoms with Gasteiger partial charge in [0.1, 0.15) is 18.4 Å². The predicted octanol–water partition coefficient (Wildman–Crippen LogP) is 4.08. The quantitative estimate of drug-likeness (QED) is 0.423. The lowest BCUT2D eigenvalue weighted by Gasteiger charge is -2.34. The first-order valence-electron chi connectivity index (χ1n) is 11.4. The standard InChI is InChI=1S/C24H31Cl2FN4O4S/c1-5-14-28-24(33)22(6-2)30(15-19-20(25)8-7-9-21(19)26)23(32)16-31(36(34,35)29(3)4)18-12-10-17(27)11-13-18/h7-13,22H,5-6,14-16H2,1-4H3,(H,28,33)/t22-/m0/s1. The molecule has 0 heterocycles. The largest absolute Gasteiger partial charge is 0.354 e. The van der Waals surface area contributed by atoms with Gasteiger partial charge in [-0.1, -0.05) is 43.1 Å². The molecule has 2 amide bonds. The van der Waals surface area contributed by atoms with Crippen LogP contribution in [0, 0.1) is 5.82 Å². The van der Waals surface area contributed by atoms with Crippen LogP contribution in [0.25, 0.3) is 0 Å². The van der Waals surface area contributed by atoms with Gasteiger partial charge in [0.05, 0.1) is 5.69 Å². The molecule has 0 saturated heterocycles. The van der Waals surface area contributed by atoms with Crippen LogP contribution in [0.3, 0.4) is 0 Å². The zero-order chi connectivity index (χ0) is 27.0. The van der Waals surface area contributed by atoms with Gasteiger partial charge in [-0.25, -0.2) is 8.70 Å². The van der Waals surface area contributed by atoms with E-state index in [0.29, 0.717) is 28.6 Å². The molecule has 0 aromatic heterocycles. The Bertz CT molecular complexity index is 1140. The van der Waals surface area contributed by atoms with Gasteiger partial charge < -0.3 is 10.2 Å². The third-order valence-corrected chi connectivity index (χ3v) is 7.99. The molecule has 36 heavy (non-hydrogen) atoms. The number of halogens is 3. The molecule has 0 radical (unpaired) electrons. The van der Waals surface area contributed by atoms with E-state index in [-0.39, 0.29) is 24.6 Å². The van der Waals surface area contributed by atoms with Gasteiger partial charge in [-0.2, -0.15) is 12.7 Å². The highest BCUT2D eigenvalue weighted by atomic mass is 35.5. The summed E-state index contributed by atoms with van der Waals surface area (Å²) in [6.45, 7) is 3.32. The van der Waals surface area contributed by atoms with E-state index in [1.54, 1.807) is 25.1 Å². The zero-order valence-corrected chi connectivity index (χ0v) is 23.0. The van der Waals surface area contributed by atoms with E-state index >= 15 is 0 Å². The molecular weight excluding hydrogens is 530 g/mol. The van der Waals surface area contributed by atoms with Crippen molar-refractivity contribution >= 4 is 50.9 Å². The van der Waals surface area contributed by atoms with E-state index in [1.807, 2.05) is 6.92 Å². The average molecular weight is 562 g/mol. The molecule has 8 nitrogen and oxygen atoms in total. The molecule has 2 aromatic rings. The molecule has 0 bridgehead atoms. The summed E-state index contributed by atoms with van der Waals surface area (Å²) < 4.78 is 41.6. The first-order chi connectivity index (χ1) is 16.9. The van der Waals surface area contributed by atoms with E-state index in [2.05, 4.69) is 5.32 Å². The Balaban J connectivity index is 2.54. The molecule has 0 aliphatic rings. The fraction of sp³-hybridized carbons (Fsp3) is 0.417. The van der Waals surface area contributed by atoms with Gasteiger partial charge in [0.15, 0.2) is 0 Å². The van der Waals surface area contributed by atoms with Crippen LogP contribution in [-0.4, -0.2) is 62.7 Å². The number of carbonyl (C=O) groups is 2. The molecule has 2 rings (SSSR count). The van der Waals surface area contributed by atoms with Crippen LogP contribution in [0.5, 0.6) is 0 Å². The summed E-state index contributed by atoms with van der Waals surface area (Å²) in [6, 6.07) is 8.72. The summed E-state index contributed by atoms with van der Waals surface area (Å²) in [5.74, 6) is -1.58. The molecule has 0 aliphatic carbocycles. The van der Waals surface area contributed by atoms with Gasteiger partial charge in [-0.3, -0.25) is 9.59 Å². The fourth-order valence-corrected chi connectivity index (χ4v) is 5.04. The number of anilines is 1. The third-order valence-electron chi connectivity index (χ3n) is 5.46. The molecule has 1 atom stereocenters. The van der Waals surface area contributed by atoms with Crippen molar-refractivity contribution < 1.29 is 22.4 Å². The van der Waals surface area contributed by atoms with Gasteiger partial charge in [0, 0.05) is 42.8 Å². The summed E-state index contributed by atoms with van der Waals surface area (Å²) in [6.07, 6.45) is 0.965. The lowest BCUT2D eigenvalue weighted by Crippen LogP contribution is -2.53. The van der Waals surface area contributed by atoms with E-state index < -0.39 is 34.5 Å². The number of benzene rings is 2. The Kier molecular flexibility index (Phi) is 11.0. The summed E-state index contributed by atoms with van der Waals surface area (Å²) in [5.41, 5.74) is 0.525. The number of hydrogen-bond donors (Lipinski definition) is 1. The second kappa shape index (κ2) is 13.2. The molecule has 0 unspecified atom stereocenters. The number of nitrogens with zero attached hydrogens (tertiary/aromatic N) is 3. The van der Waals surface area contributed by atoms with Crippen molar-refractivity contribution in [3.05, 3.63) is 63.9 Å². The third kappa shape index (κ3) is 7.32. The molecular formula is C24H31Cl2FN4O4S. The predicted molar refractivity (Wildman–Crippen MR) is 141 cm³/mol. The highest BCUT2D eigenvalue weighted by Crippen LogP contribution is 2.28. The lowest BCUT2D eigenvalue weighted by molar-refractivity contribution is -0.140. The van der Waals surface area contributed by atoms with Gasteiger partial charge in [-0.15, -0.1) is 0 Å². The van der Waals surface area contributed by atoms with Crippen LogP contribution in [0.15, 0.2) is 42.5 Å². The minimum atomic E-state index is -4.15. The second-order valence-electron chi connectivity index (χ2n) is 8.21. The average Bonchev–Trinajstić information content (AvgIpc) is 2.83. The maximum Gasteiger partial charge on any atom is 0.304 e. The van der Waals surface area contributed by atoms with Gasteiger partial charge in [-0.05, 0) is 49.2 Å². The molecule has 198 valence electrons. The van der Waals surface area contributed by atoms with E-state index in [4.69, 9.17) is 23.2 Å². The highest BCUT2D eigenvalue weighted by molar-refractivity contribution is 7.90. The van der Waals surface area contributed by atoms with Crippen LogP contribution in [0.4, 0.5) is 10.1 Å². The Labute approximate surface area is 222 Å². The summed E-state index contributed by atoms with van der Waals surface area (Å²) in [7, 11) is -1.50. The SMILES string of the molecule is CCCNC(=O)[C@H](CC)N(Cc1c(Cl)cccc1Cl)C(=O)CN(c1ccc(F)cc1)S(=O)(=O)N(C)C. The Morgan fingerprint density at radius 1 is 1.03 bits per heavy atom. The van der Waals surface area contributed by atoms with Crippen molar-refractivity contribution in [2.24, 2.45) is 0 Å².